The zero-order chi connectivity index (χ0) is 8.55. The van der Waals surface area contributed by atoms with Crippen LogP contribution < -0.4 is 34.4 Å². The number of benzene rings is 1. The first-order chi connectivity index (χ1) is 5.79. The Kier molecular flexibility index (Phi) is 3.02. The van der Waals surface area contributed by atoms with Crippen LogP contribution in [0.2, 0.25) is 0 Å². The normalized spacial score (nSPS) is 9.62. The van der Waals surface area contributed by atoms with Gasteiger partial charge in [-0.3, -0.25) is 5.73 Å². The summed E-state index contributed by atoms with van der Waals surface area (Å²) in [4.78, 5) is 0. The molecule has 0 unspecified atom stereocenters. The molecule has 0 bridgehead atoms. The van der Waals surface area contributed by atoms with Crippen molar-refractivity contribution in [1.82, 2.24) is 5.10 Å². The number of aromatic nitrogens is 2. The number of aryl methyl sites for hydroxylation is 1. The third-order valence-corrected chi connectivity index (χ3v) is 1.96. The second-order valence-corrected chi connectivity index (χ2v) is 2.74. The molecule has 13 heavy (non-hydrogen) atoms. The number of hydrogen-bond acceptors (Lipinski definition) is 2. The van der Waals surface area contributed by atoms with E-state index in [0.29, 0.717) is 5.82 Å². The molecule has 0 aliphatic heterocycles. The molecule has 0 fully saturated rings. The van der Waals surface area contributed by atoms with Crippen LogP contribution >= 0.6 is 0 Å². The van der Waals surface area contributed by atoms with Crippen LogP contribution in [0.3, 0.4) is 0 Å². The van der Waals surface area contributed by atoms with Crippen LogP contribution in [0.1, 0.15) is 0 Å². The lowest BCUT2D eigenvalue weighted by Crippen LogP contribution is -3.00. The number of nitrogen functional groups attached to an aromatic ring is 1. The van der Waals surface area contributed by atoms with Gasteiger partial charge in [0.05, 0.1) is 11.6 Å². The van der Waals surface area contributed by atoms with Crippen molar-refractivity contribution in [3.05, 3.63) is 30.5 Å². The number of fused-ring (bicyclic) bond motifs is 1. The first-order valence-electron chi connectivity index (χ1n) is 3.78. The first kappa shape index (κ1) is 10.2. The SMILES string of the molecule is C[n+]1ncc2ccccc2c1N.[I-]. The van der Waals surface area contributed by atoms with Crippen molar-refractivity contribution in [2.45, 2.75) is 0 Å². The minimum Gasteiger partial charge on any atom is -1.00 e. The van der Waals surface area contributed by atoms with Crippen LogP contribution in [0, 0.1) is 0 Å². The highest BCUT2D eigenvalue weighted by Crippen LogP contribution is 2.14. The molecular formula is C9H10IN3. The summed E-state index contributed by atoms with van der Waals surface area (Å²) in [6.07, 6.45) is 1.81. The van der Waals surface area contributed by atoms with Crippen molar-refractivity contribution in [2.75, 3.05) is 5.73 Å². The van der Waals surface area contributed by atoms with Crippen molar-refractivity contribution < 1.29 is 28.7 Å². The smallest absolute Gasteiger partial charge is 0.300 e. The number of nitrogens with two attached hydrogens (primary N) is 1. The molecule has 2 N–H and O–H groups in total. The summed E-state index contributed by atoms with van der Waals surface area (Å²) in [5.41, 5.74) is 5.82. The average molecular weight is 287 g/mol. The van der Waals surface area contributed by atoms with Crippen molar-refractivity contribution in [3.8, 4) is 0 Å². The minimum absolute atomic E-state index is 0. The van der Waals surface area contributed by atoms with E-state index in [1.165, 1.54) is 0 Å². The fourth-order valence-corrected chi connectivity index (χ4v) is 1.23. The van der Waals surface area contributed by atoms with E-state index in [1.807, 2.05) is 37.5 Å². The molecule has 2 aromatic rings. The van der Waals surface area contributed by atoms with Gasteiger partial charge in [0.2, 0.25) is 0 Å². The van der Waals surface area contributed by atoms with Gasteiger partial charge >= 0.3 is 5.82 Å². The zero-order valence-corrected chi connectivity index (χ0v) is 9.39. The molecule has 3 nitrogen and oxygen atoms in total. The van der Waals surface area contributed by atoms with Crippen LogP contribution in [0.5, 0.6) is 0 Å². The molecule has 0 saturated heterocycles. The Morgan fingerprint density at radius 2 is 2.00 bits per heavy atom. The fourth-order valence-electron chi connectivity index (χ4n) is 1.23. The molecule has 2 rings (SSSR count). The molecule has 0 atom stereocenters. The molecule has 0 aliphatic rings. The van der Waals surface area contributed by atoms with Gasteiger partial charge in [0, 0.05) is 5.39 Å². The molecule has 4 heteroatoms. The van der Waals surface area contributed by atoms with Gasteiger partial charge in [-0.2, -0.15) is 0 Å². The molecule has 0 aliphatic carbocycles. The lowest BCUT2D eigenvalue weighted by Gasteiger charge is -1.97. The Balaban J connectivity index is 0.000000845. The van der Waals surface area contributed by atoms with Crippen LogP contribution in [0.25, 0.3) is 10.8 Å². The van der Waals surface area contributed by atoms with Crippen molar-refractivity contribution >= 4 is 16.6 Å². The van der Waals surface area contributed by atoms with Gasteiger partial charge in [-0.05, 0) is 6.07 Å². The highest BCUT2D eigenvalue weighted by molar-refractivity contribution is 5.88. The molecule has 1 aromatic heterocycles. The summed E-state index contributed by atoms with van der Waals surface area (Å²) >= 11 is 0. The topological polar surface area (TPSA) is 42.8 Å². The number of anilines is 1. The molecule has 0 radical (unpaired) electrons. The van der Waals surface area contributed by atoms with E-state index in [-0.39, 0.29) is 24.0 Å². The number of rotatable bonds is 0. The molecule has 1 aromatic carbocycles. The Morgan fingerprint density at radius 3 is 2.77 bits per heavy atom. The van der Waals surface area contributed by atoms with Crippen LogP contribution in [-0.4, -0.2) is 5.10 Å². The monoisotopic (exact) mass is 287 g/mol. The summed E-state index contributed by atoms with van der Waals surface area (Å²) in [5.74, 6) is 0.702. The highest BCUT2D eigenvalue weighted by atomic mass is 127. The van der Waals surface area contributed by atoms with Crippen molar-refractivity contribution in [2.24, 2.45) is 7.05 Å². The Labute approximate surface area is 93.6 Å². The van der Waals surface area contributed by atoms with Crippen LogP contribution in [-0.2, 0) is 7.05 Å². The summed E-state index contributed by atoms with van der Waals surface area (Å²) in [7, 11) is 1.84. The number of hydrogen-bond donors (Lipinski definition) is 1. The van der Waals surface area contributed by atoms with Gasteiger partial charge in [0.15, 0.2) is 0 Å². The predicted octanol–water partition coefficient (Wildman–Crippen LogP) is -2.35. The highest BCUT2D eigenvalue weighted by Gasteiger charge is 2.05. The van der Waals surface area contributed by atoms with Crippen LogP contribution in [0.4, 0.5) is 5.82 Å². The van der Waals surface area contributed by atoms with Gasteiger partial charge in [0.25, 0.3) is 0 Å². The van der Waals surface area contributed by atoms with E-state index < -0.39 is 0 Å². The first-order valence-corrected chi connectivity index (χ1v) is 3.78. The molecule has 0 spiro atoms. The Morgan fingerprint density at radius 1 is 1.31 bits per heavy atom. The molecule has 0 amide bonds. The van der Waals surface area contributed by atoms with E-state index in [2.05, 4.69) is 5.10 Å². The number of halogens is 1. The van der Waals surface area contributed by atoms with E-state index in [4.69, 9.17) is 5.73 Å². The second kappa shape index (κ2) is 3.87. The maximum Gasteiger partial charge on any atom is 0.300 e. The number of nitrogens with zero attached hydrogens (tertiary/aromatic N) is 2. The summed E-state index contributed by atoms with van der Waals surface area (Å²) in [6, 6.07) is 7.94. The van der Waals surface area contributed by atoms with Crippen molar-refractivity contribution in [1.29, 1.82) is 0 Å². The molecule has 68 valence electrons. The summed E-state index contributed by atoms with van der Waals surface area (Å²) in [5, 5.41) is 6.23. The predicted molar refractivity (Wildman–Crippen MR) is 47.3 cm³/mol. The molecule has 0 saturated carbocycles. The summed E-state index contributed by atoms with van der Waals surface area (Å²) < 4.78 is 1.67. The standard InChI is InChI=1S/C9H9N3.HI/c1-12-9(10)8-5-3-2-4-7(8)6-11-12;/h2-6,10H,1H3;1H. The van der Waals surface area contributed by atoms with Gasteiger partial charge in [-0.15, -0.1) is 4.68 Å². The fraction of sp³-hybridized carbons (Fsp3) is 0.111. The van der Waals surface area contributed by atoms with Gasteiger partial charge in [-0.25, -0.2) is 0 Å². The van der Waals surface area contributed by atoms with Gasteiger partial charge in [0.1, 0.15) is 7.05 Å². The van der Waals surface area contributed by atoms with Crippen LogP contribution in [0.15, 0.2) is 30.5 Å². The molecular weight excluding hydrogens is 277 g/mol. The third-order valence-electron chi connectivity index (χ3n) is 1.96. The summed E-state index contributed by atoms with van der Waals surface area (Å²) in [6.45, 7) is 0. The van der Waals surface area contributed by atoms with E-state index in [0.717, 1.165) is 10.8 Å². The maximum absolute atomic E-state index is 5.82. The van der Waals surface area contributed by atoms with E-state index in [9.17, 15) is 0 Å². The second-order valence-electron chi connectivity index (χ2n) is 2.74. The van der Waals surface area contributed by atoms with E-state index in [1.54, 1.807) is 4.68 Å². The largest absolute Gasteiger partial charge is 1.00 e. The lowest BCUT2D eigenvalue weighted by atomic mass is 10.2. The third kappa shape index (κ3) is 1.72. The molecule has 1 heterocycles. The zero-order valence-electron chi connectivity index (χ0n) is 7.24. The van der Waals surface area contributed by atoms with Gasteiger partial charge in [-0.1, -0.05) is 23.3 Å². The van der Waals surface area contributed by atoms with E-state index >= 15 is 0 Å². The lowest BCUT2D eigenvalue weighted by molar-refractivity contribution is -0.715. The quantitative estimate of drug-likeness (QED) is 0.435. The van der Waals surface area contributed by atoms with Gasteiger partial charge < -0.3 is 24.0 Å². The Bertz CT molecular complexity index is 428. The maximum atomic E-state index is 5.82. The minimum atomic E-state index is 0. The van der Waals surface area contributed by atoms with Crippen molar-refractivity contribution in [3.63, 3.8) is 0 Å². The average Bonchev–Trinajstić information content (AvgIpc) is 2.12. The Hall–Kier alpha value is -0.910.